The lowest BCUT2D eigenvalue weighted by Crippen LogP contribution is -2.43. The van der Waals surface area contributed by atoms with Crippen molar-refractivity contribution < 1.29 is 13.2 Å². The van der Waals surface area contributed by atoms with Crippen molar-refractivity contribution in [2.45, 2.75) is 0 Å². The lowest BCUT2D eigenvalue weighted by molar-refractivity contribution is 0.416. The number of benzene rings is 2. The monoisotopic (exact) mass is 679 g/mol. The van der Waals surface area contributed by atoms with Gasteiger partial charge in [-0.25, -0.2) is 13.4 Å². The lowest BCUT2D eigenvalue weighted by Gasteiger charge is -2.31. The fourth-order valence-corrected chi connectivity index (χ4v) is 5.85. The van der Waals surface area contributed by atoms with Crippen LogP contribution in [0.3, 0.4) is 0 Å². The van der Waals surface area contributed by atoms with Gasteiger partial charge >= 0.3 is 0 Å². The first-order chi connectivity index (χ1) is 21.2. The highest BCUT2D eigenvalue weighted by molar-refractivity contribution is 9.10. The number of aryl methyl sites for hydroxylation is 1. The summed E-state index contributed by atoms with van der Waals surface area (Å²) in [7, 11) is -0.115. The highest BCUT2D eigenvalue weighted by Gasteiger charge is 2.21. The van der Waals surface area contributed by atoms with Crippen molar-refractivity contribution in [3.05, 3.63) is 59.7 Å². The molecule has 1 aliphatic rings. The minimum atomic E-state index is -3.63. The molecule has 0 spiro atoms. The lowest BCUT2D eigenvalue weighted by atomic mass is 10.0. The van der Waals surface area contributed by atoms with E-state index in [4.69, 9.17) is 9.72 Å². The predicted molar refractivity (Wildman–Crippen MR) is 175 cm³/mol. The molecule has 4 N–H and O–H groups in total. The number of methoxy groups -OCH3 is 1. The van der Waals surface area contributed by atoms with Crippen LogP contribution in [-0.4, -0.2) is 77.7 Å². The van der Waals surface area contributed by atoms with Crippen molar-refractivity contribution in [1.29, 1.82) is 0 Å². The number of hydrogen-bond donors (Lipinski definition) is 4. The normalized spacial score (nSPS) is 13.6. The van der Waals surface area contributed by atoms with Gasteiger partial charge in [-0.15, -0.1) is 0 Å². The third-order valence-corrected chi connectivity index (χ3v) is 8.12. The van der Waals surface area contributed by atoms with Crippen molar-refractivity contribution in [1.82, 2.24) is 35.0 Å². The van der Waals surface area contributed by atoms with Gasteiger partial charge in [-0.1, -0.05) is 0 Å². The smallest absolute Gasteiger partial charge is 0.229 e. The molecule has 228 valence electrons. The molecule has 0 unspecified atom stereocenters. The predicted octanol–water partition coefficient (Wildman–Crippen LogP) is 3.86. The molecule has 1 aliphatic heterocycles. The Kier molecular flexibility index (Phi) is 8.20. The van der Waals surface area contributed by atoms with Crippen LogP contribution in [0.2, 0.25) is 0 Å². The second kappa shape index (κ2) is 12.2. The average Bonchev–Trinajstić information content (AvgIpc) is 3.45. The van der Waals surface area contributed by atoms with Crippen LogP contribution in [0, 0.1) is 0 Å². The maximum atomic E-state index is 12.2. The van der Waals surface area contributed by atoms with Gasteiger partial charge in [0.15, 0.2) is 0 Å². The summed E-state index contributed by atoms with van der Waals surface area (Å²) in [5.74, 6) is 1.31. The zero-order valence-electron chi connectivity index (χ0n) is 24.2. The number of sulfonamides is 1. The first-order valence-corrected chi connectivity index (χ1v) is 16.3. The molecule has 0 amide bonds. The van der Waals surface area contributed by atoms with E-state index in [2.05, 4.69) is 61.6 Å². The molecular weight excluding hydrogens is 650 g/mol. The van der Waals surface area contributed by atoms with Crippen LogP contribution in [0.5, 0.6) is 5.75 Å². The Morgan fingerprint density at radius 1 is 1.02 bits per heavy atom. The molecule has 0 atom stereocenters. The van der Waals surface area contributed by atoms with E-state index in [-0.39, 0.29) is 5.69 Å². The van der Waals surface area contributed by atoms with Gasteiger partial charge in [0.25, 0.3) is 0 Å². The third kappa shape index (κ3) is 6.36. The standard InChI is InChI=1S/C28H30BrN11O3S/c1-39-16-17(14-34-39)18-12-22(24(43-2)13-23(18)40-10-8-30-9-11-40)36-28-33-15-19(29)27(37-28)35-21-5-4-20-25(32-7-6-31-20)26(21)38-44(3,41)42/h4-7,12-16,30,38H,8-11H2,1-3H3,(H2,33,35,36,37). The Balaban J connectivity index is 1.37. The molecule has 16 heteroatoms. The van der Waals surface area contributed by atoms with E-state index in [9.17, 15) is 8.42 Å². The van der Waals surface area contributed by atoms with Crippen molar-refractivity contribution in [3.8, 4) is 16.9 Å². The molecule has 4 heterocycles. The summed E-state index contributed by atoms with van der Waals surface area (Å²) in [5.41, 5.74) is 5.29. The van der Waals surface area contributed by atoms with E-state index in [1.807, 2.05) is 31.6 Å². The molecule has 0 radical (unpaired) electrons. The molecule has 0 aliphatic carbocycles. The second-order valence-electron chi connectivity index (χ2n) is 10.1. The first-order valence-electron chi connectivity index (χ1n) is 13.6. The fourth-order valence-electron chi connectivity index (χ4n) is 4.99. The summed E-state index contributed by atoms with van der Waals surface area (Å²) >= 11 is 3.51. The van der Waals surface area contributed by atoms with E-state index < -0.39 is 10.0 Å². The second-order valence-corrected chi connectivity index (χ2v) is 12.7. The maximum absolute atomic E-state index is 12.2. The number of halogens is 1. The van der Waals surface area contributed by atoms with Gasteiger partial charge in [-0.05, 0) is 34.1 Å². The number of aromatic nitrogens is 6. The summed E-state index contributed by atoms with van der Waals surface area (Å²) in [6.07, 6.45) is 9.55. The van der Waals surface area contributed by atoms with Crippen LogP contribution < -0.4 is 30.3 Å². The Labute approximate surface area is 262 Å². The van der Waals surface area contributed by atoms with E-state index in [0.717, 1.165) is 49.2 Å². The zero-order valence-corrected chi connectivity index (χ0v) is 26.6. The zero-order chi connectivity index (χ0) is 30.8. The number of fused-ring (bicyclic) bond motifs is 1. The Bertz CT molecular complexity index is 1950. The Morgan fingerprint density at radius 3 is 2.55 bits per heavy atom. The molecule has 1 fully saturated rings. The average molecular weight is 681 g/mol. The van der Waals surface area contributed by atoms with Crippen molar-refractivity contribution in [2.24, 2.45) is 7.05 Å². The highest BCUT2D eigenvalue weighted by Crippen LogP contribution is 2.41. The summed E-state index contributed by atoms with van der Waals surface area (Å²) < 4.78 is 35.2. The number of piperazine rings is 1. The molecule has 44 heavy (non-hydrogen) atoms. The van der Waals surface area contributed by atoms with E-state index in [1.165, 1.54) is 6.20 Å². The van der Waals surface area contributed by atoms with Gasteiger partial charge in [0.05, 0.1) is 46.6 Å². The summed E-state index contributed by atoms with van der Waals surface area (Å²) in [5, 5.41) is 14.3. The number of anilines is 6. The van der Waals surface area contributed by atoms with Gasteiger partial charge in [0.2, 0.25) is 16.0 Å². The van der Waals surface area contributed by atoms with Gasteiger partial charge in [-0.3, -0.25) is 19.4 Å². The Hall–Kier alpha value is -4.54. The van der Waals surface area contributed by atoms with Crippen molar-refractivity contribution in [2.75, 3.05) is 59.8 Å². The molecule has 1 saturated heterocycles. The molecule has 0 saturated carbocycles. The van der Waals surface area contributed by atoms with Gasteiger partial charge < -0.3 is 25.6 Å². The number of nitrogens with one attached hydrogen (secondary N) is 4. The third-order valence-electron chi connectivity index (χ3n) is 6.96. The largest absolute Gasteiger partial charge is 0.494 e. The molecule has 6 rings (SSSR count). The quantitative estimate of drug-likeness (QED) is 0.178. The molecule has 14 nitrogen and oxygen atoms in total. The van der Waals surface area contributed by atoms with Gasteiger partial charge in [0.1, 0.15) is 17.1 Å². The molecule has 3 aromatic heterocycles. The summed E-state index contributed by atoms with van der Waals surface area (Å²) in [6, 6.07) is 7.50. The Morgan fingerprint density at radius 2 is 1.82 bits per heavy atom. The highest BCUT2D eigenvalue weighted by atomic mass is 79.9. The number of hydrogen-bond acceptors (Lipinski definition) is 12. The van der Waals surface area contributed by atoms with Gasteiger partial charge in [-0.2, -0.15) is 10.1 Å². The van der Waals surface area contributed by atoms with Gasteiger partial charge in [0, 0.05) is 80.9 Å². The first kappa shape index (κ1) is 29.5. The number of rotatable bonds is 9. The van der Waals surface area contributed by atoms with E-state index >= 15 is 0 Å². The molecular formula is C28H30BrN11O3S. The van der Waals surface area contributed by atoms with E-state index in [1.54, 1.807) is 36.3 Å². The topological polar surface area (TPSA) is 164 Å². The number of nitrogens with zero attached hydrogens (tertiary/aromatic N) is 7. The van der Waals surface area contributed by atoms with Crippen LogP contribution in [-0.2, 0) is 17.1 Å². The minimum absolute atomic E-state index is 0.254. The van der Waals surface area contributed by atoms with Crippen molar-refractivity contribution in [3.63, 3.8) is 0 Å². The van der Waals surface area contributed by atoms with Crippen molar-refractivity contribution >= 4 is 71.5 Å². The SMILES string of the molecule is COc1cc(N2CCNCC2)c(-c2cnn(C)c2)cc1Nc1ncc(Br)c(Nc2ccc3nccnc3c2NS(C)(=O)=O)n1. The minimum Gasteiger partial charge on any atom is -0.494 e. The van der Waals surface area contributed by atoms with Crippen LogP contribution in [0.25, 0.3) is 22.2 Å². The van der Waals surface area contributed by atoms with Crippen LogP contribution >= 0.6 is 15.9 Å². The fraction of sp³-hybridized carbons (Fsp3) is 0.250. The van der Waals surface area contributed by atoms with Crippen LogP contribution in [0.1, 0.15) is 0 Å². The summed E-state index contributed by atoms with van der Waals surface area (Å²) in [6.45, 7) is 3.51. The molecule has 0 bridgehead atoms. The maximum Gasteiger partial charge on any atom is 0.229 e. The van der Waals surface area contributed by atoms with E-state index in [0.29, 0.717) is 44.4 Å². The summed E-state index contributed by atoms with van der Waals surface area (Å²) in [4.78, 5) is 20.1. The number of ether oxygens (including phenoxy) is 1. The van der Waals surface area contributed by atoms with Crippen LogP contribution in [0.4, 0.5) is 34.5 Å². The molecule has 5 aromatic rings. The van der Waals surface area contributed by atoms with Crippen LogP contribution in [0.15, 0.2) is 59.7 Å². The molecule has 2 aromatic carbocycles.